The Labute approximate surface area is 469 Å². The molecule has 0 spiro atoms. The van der Waals surface area contributed by atoms with Crippen LogP contribution in [0.1, 0.15) is 148 Å². The second-order valence-electron chi connectivity index (χ2n) is 22.9. The summed E-state index contributed by atoms with van der Waals surface area (Å²) in [5.74, 6) is -3.32. The van der Waals surface area contributed by atoms with Gasteiger partial charge in [-0.1, -0.05) is 90.1 Å². The summed E-state index contributed by atoms with van der Waals surface area (Å²) in [4.78, 5) is 116. The quantitative estimate of drug-likeness (QED) is 0.0988. The number of halogens is 2. The lowest BCUT2D eigenvalue weighted by molar-refractivity contribution is -0.144. The number of hydrogen-bond acceptors (Lipinski definition) is 11. The summed E-state index contributed by atoms with van der Waals surface area (Å²) < 4.78 is 0. The van der Waals surface area contributed by atoms with Crippen molar-refractivity contribution in [2.24, 2.45) is 10.8 Å². The van der Waals surface area contributed by atoms with E-state index in [1.165, 1.54) is 21.9 Å². The van der Waals surface area contributed by atoms with Gasteiger partial charge in [0.05, 0.1) is 33.9 Å². The lowest BCUT2D eigenvalue weighted by Crippen LogP contribution is -2.59. The third-order valence-electron chi connectivity index (χ3n) is 15.3. The van der Waals surface area contributed by atoms with Crippen LogP contribution in [0.25, 0.3) is 0 Å². The van der Waals surface area contributed by atoms with E-state index in [0.717, 1.165) is 72.1 Å². The number of benzene rings is 2. The van der Waals surface area contributed by atoms with Gasteiger partial charge in [0, 0.05) is 25.2 Å². The van der Waals surface area contributed by atoms with Gasteiger partial charge in [-0.3, -0.25) is 38.4 Å². The summed E-state index contributed by atoms with van der Waals surface area (Å²) in [6, 6.07) is 12.2. The van der Waals surface area contributed by atoms with Gasteiger partial charge in [-0.15, -0.1) is 36.2 Å². The molecule has 10 atom stereocenters. The van der Waals surface area contributed by atoms with Crippen LogP contribution in [-0.2, 0) is 41.6 Å². The number of thiophene rings is 1. The minimum Gasteiger partial charge on any atom is -0.347 e. The molecule has 0 radical (unpaired) electrons. The Morgan fingerprint density at radius 2 is 0.909 bits per heavy atom. The molecule has 0 bridgehead atoms. The van der Waals surface area contributed by atoms with E-state index in [1.807, 2.05) is 77.9 Å². The van der Waals surface area contributed by atoms with Crippen LogP contribution < -0.4 is 42.5 Å². The van der Waals surface area contributed by atoms with E-state index in [1.54, 1.807) is 27.9 Å². The Hall–Kier alpha value is -5.60. The first kappa shape index (κ1) is 62.2. The van der Waals surface area contributed by atoms with Gasteiger partial charge in [0.15, 0.2) is 0 Å². The fourth-order valence-electron chi connectivity index (χ4n) is 10.7. The minimum absolute atomic E-state index is 0. The van der Waals surface area contributed by atoms with Crippen LogP contribution in [0, 0.1) is 10.8 Å². The molecule has 2 aliphatic heterocycles. The van der Waals surface area contributed by atoms with Crippen molar-refractivity contribution in [3.05, 3.63) is 92.7 Å². The van der Waals surface area contributed by atoms with Crippen LogP contribution in [0.5, 0.6) is 0 Å². The second-order valence-corrected chi connectivity index (χ2v) is 24.0. The number of nitrogens with one attached hydrogen (secondary N) is 8. The lowest BCUT2D eigenvalue weighted by Gasteiger charge is -2.36. The predicted octanol–water partition coefficient (Wildman–Crippen LogP) is 4.66. The maximum Gasteiger partial charge on any atom is 0.261 e. The van der Waals surface area contributed by atoms with Gasteiger partial charge in [-0.25, -0.2) is 0 Å². The van der Waals surface area contributed by atoms with Crippen molar-refractivity contribution in [1.82, 2.24) is 52.3 Å². The summed E-state index contributed by atoms with van der Waals surface area (Å²) in [5.41, 5.74) is 2.93. The fraction of sp³-hybridized carbons (Fsp3) is 0.571. The Kier molecular flexibility index (Phi) is 21.3. The average Bonchev–Trinajstić information content (AvgIpc) is 4.17. The summed E-state index contributed by atoms with van der Waals surface area (Å²) in [6.45, 7) is 14.5. The van der Waals surface area contributed by atoms with Crippen molar-refractivity contribution >= 4 is 83.4 Å². The highest BCUT2D eigenvalue weighted by Gasteiger charge is 2.48. The first-order valence-corrected chi connectivity index (χ1v) is 27.3. The minimum atomic E-state index is -0.989. The summed E-state index contributed by atoms with van der Waals surface area (Å²) in [7, 11) is 3.31. The van der Waals surface area contributed by atoms with Crippen molar-refractivity contribution in [2.45, 2.75) is 167 Å². The zero-order valence-electron chi connectivity index (χ0n) is 46.0. The first-order valence-electron chi connectivity index (χ1n) is 26.5. The molecule has 0 unspecified atom stereocenters. The Morgan fingerprint density at radius 3 is 1.26 bits per heavy atom. The predicted molar refractivity (Wildman–Crippen MR) is 302 cm³/mol. The molecule has 2 fully saturated rings. The van der Waals surface area contributed by atoms with Crippen molar-refractivity contribution in [1.29, 1.82) is 0 Å². The number of fused-ring (bicyclic) bond motifs is 2. The largest absolute Gasteiger partial charge is 0.347 e. The van der Waals surface area contributed by atoms with Crippen LogP contribution >= 0.6 is 36.2 Å². The van der Waals surface area contributed by atoms with Crippen LogP contribution in [0.2, 0.25) is 0 Å². The van der Waals surface area contributed by atoms with Gasteiger partial charge in [-0.05, 0) is 125 Å². The molecule has 2 aliphatic carbocycles. The van der Waals surface area contributed by atoms with Crippen LogP contribution in [0.15, 0.2) is 60.7 Å². The summed E-state index contributed by atoms with van der Waals surface area (Å²) in [6.07, 6.45) is 5.28. The van der Waals surface area contributed by atoms with E-state index in [4.69, 9.17) is 0 Å². The zero-order valence-corrected chi connectivity index (χ0v) is 48.5. The highest BCUT2D eigenvalue weighted by Crippen LogP contribution is 2.34. The van der Waals surface area contributed by atoms with Crippen molar-refractivity contribution in [3.63, 3.8) is 0 Å². The van der Waals surface area contributed by atoms with Crippen molar-refractivity contribution < 1.29 is 38.4 Å². The van der Waals surface area contributed by atoms with Gasteiger partial charge in [0.25, 0.3) is 11.8 Å². The molecular formula is C56H80Cl2N10O8S. The Balaban J connectivity index is 0.00000547. The molecule has 3 heterocycles. The van der Waals surface area contributed by atoms with Gasteiger partial charge >= 0.3 is 0 Å². The SMILES string of the molecule is CN[C@@H](C)C(=O)N[C@H](C(=O)N1C[C@@H](NC(=O)c2ccc(C(=O)N[C@H]3C[C@@H](C(=O)N[C@@H]4CCCc5ccccc54)N(C(=O)[C@@H](NC(=O)[C@H](C)NC)C(C)(C)C)C3)s2)C[C@H]1C(=O)N[C@@H]1CCCc2ccccc21)C(C)(C)C.Cl.Cl. The molecule has 77 heavy (non-hydrogen) atoms. The molecule has 1 aromatic heterocycles. The van der Waals surface area contributed by atoms with E-state index >= 15 is 0 Å². The van der Waals surface area contributed by atoms with E-state index in [2.05, 4.69) is 54.7 Å². The fourth-order valence-corrected chi connectivity index (χ4v) is 11.5. The van der Waals surface area contributed by atoms with E-state index in [-0.39, 0.29) is 96.2 Å². The normalized spacial score (nSPS) is 22.5. The highest BCUT2D eigenvalue weighted by atomic mass is 35.5. The summed E-state index contributed by atoms with van der Waals surface area (Å²) in [5, 5.41) is 24.1. The number of carbonyl (C=O) groups is 8. The molecule has 3 aromatic rings. The second kappa shape index (κ2) is 26.4. The van der Waals surface area contributed by atoms with Crippen LogP contribution in [0.4, 0.5) is 0 Å². The average molecular weight is 1120 g/mol. The summed E-state index contributed by atoms with van der Waals surface area (Å²) >= 11 is 0.967. The first-order chi connectivity index (χ1) is 35.5. The number of likely N-dealkylation sites (N-methyl/N-ethyl adjacent to an activating group) is 2. The number of carbonyl (C=O) groups excluding carboxylic acids is 8. The van der Waals surface area contributed by atoms with E-state index < -0.39 is 82.8 Å². The molecule has 2 saturated heterocycles. The molecule has 8 N–H and O–H groups in total. The molecule has 422 valence electrons. The van der Waals surface area contributed by atoms with Gasteiger partial charge in [0.2, 0.25) is 35.4 Å². The van der Waals surface area contributed by atoms with Gasteiger partial charge in [-0.2, -0.15) is 0 Å². The number of hydrogen-bond donors (Lipinski definition) is 8. The molecule has 7 rings (SSSR count). The molecule has 21 heteroatoms. The van der Waals surface area contributed by atoms with Gasteiger partial charge in [0.1, 0.15) is 24.2 Å². The maximum absolute atomic E-state index is 14.7. The van der Waals surface area contributed by atoms with Crippen molar-refractivity contribution in [3.8, 4) is 0 Å². The molecule has 0 saturated carbocycles. The Bertz CT molecular complexity index is 2460. The number of aryl methyl sites for hydroxylation is 2. The molecular weight excluding hydrogens is 1040 g/mol. The van der Waals surface area contributed by atoms with Crippen molar-refractivity contribution in [2.75, 3.05) is 27.2 Å². The Morgan fingerprint density at radius 1 is 0.545 bits per heavy atom. The third-order valence-corrected chi connectivity index (χ3v) is 16.4. The lowest BCUT2D eigenvalue weighted by atomic mass is 9.85. The monoisotopic (exact) mass is 1120 g/mol. The number of amides is 8. The highest BCUT2D eigenvalue weighted by molar-refractivity contribution is 7.16. The molecule has 8 amide bonds. The van der Waals surface area contributed by atoms with E-state index in [0.29, 0.717) is 0 Å². The molecule has 4 aliphatic rings. The van der Waals surface area contributed by atoms with Crippen LogP contribution in [0.3, 0.4) is 0 Å². The third kappa shape index (κ3) is 14.8. The molecule has 2 aromatic carbocycles. The molecule has 18 nitrogen and oxygen atoms in total. The maximum atomic E-state index is 14.7. The van der Waals surface area contributed by atoms with Gasteiger partial charge < -0.3 is 52.3 Å². The standard InChI is InChI=1S/C56H78N10O8S.2ClH/c1-31(57-9)47(67)63-45(55(3,4)5)53(73)65-29-35(27-41(65)49(69)61-39-23-15-19-33-17-11-13-21-37(33)39)59-51(71)43-25-26-44(75-43)52(72)60-36-28-42(50(70)62-40-24-16-20-34-18-12-14-22-38(34)40)66(30-36)54(74)46(56(6,7)8)64-48(68)32(2)58-10;;/h11-14,17-18,21-22,25-26,31-32,35-36,39-42,45-46,57-58H,15-16,19-20,23-24,27-30H2,1-10H3,(H,59,71)(H,60,72)(H,61,69)(H,62,70)(H,63,67)(H,64,68);2*1H/t31-,32-,35-,36-,39+,40+,41-,42-,45+,46+;;/m0../s1. The topological polar surface area (TPSA) is 239 Å². The smallest absolute Gasteiger partial charge is 0.261 e. The van der Waals surface area contributed by atoms with Crippen LogP contribution in [-0.4, -0.2) is 133 Å². The number of nitrogens with zero attached hydrogens (tertiary/aromatic N) is 2. The number of rotatable bonds is 16. The zero-order chi connectivity index (χ0) is 54.5. The number of likely N-dealkylation sites (tertiary alicyclic amines) is 2. The van der Waals surface area contributed by atoms with E-state index in [9.17, 15) is 38.4 Å².